The van der Waals surface area contributed by atoms with Gasteiger partial charge in [-0.05, 0) is 55.5 Å². The predicted octanol–water partition coefficient (Wildman–Crippen LogP) is 3.19. The van der Waals surface area contributed by atoms with Crippen LogP contribution >= 0.6 is 0 Å². The number of rotatable bonds is 6. The van der Waals surface area contributed by atoms with Gasteiger partial charge in [-0.25, -0.2) is 9.69 Å². The van der Waals surface area contributed by atoms with E-state index in [1.165, 1.54) is 29.7 Å². The van der Waals surface area contributed by atoms with Crippen molar-refractivity contribution in [3.8, 4) is 5.75 Å². The fraction of sp³-hybridized carbons (Fsp3) is 0.308. The number of fused-ring (bicyclic) bond motifs is 5. The first-order chi connectivity index (χ1) is 16.4. The number of esters is 1. The Morgan fingerprint density at radius 2 is 1.82 bits per heavy atom. The van der Waals surface area contributed by atoms with Crippen molar-refractivity contribution in [1.82, 2.24) is 0 Å². The van der Waals surface area contributed by atoms with Crippen molar-refractivity contribution in [2.75, 3.05) is 23.9 Å². The van der Waals surface area contributed by atoms with Gasteiger partial charge in [-0.3, -0.25) is 14.4 Å². The molecule has 2 bridgehead atoms. The quantitative estimate of drug-likeness (QED) is 0.404. The highest BCUT2D eigenvalue weighted by Crippen LogP contribution is 2.55. The van der Waals surface area contributed by atoms with E-state index in [1.807, 2.05) is 6.92 Å². The molecule has 1 N–H and O–H groups in total. The Labute approximate surface area is 196 Å². The molecule has 0 unspecified atom stereocenters. The van der Waals surface area contributed by atoms with E-state index < -0.39 is 18.5 Å². The number of ether oxygens (including phenoxy) is 2. The Hall–Kier alpha value is -3.94. The molecule has 3 amide bonds. The number of carbonyl (C=O) groups is 4. The summed E-state index contributed by atoms with van der Waals surface area (Å²) in [5, 5.41) is 2.63. The monoisotopic (exact) mass is 460 g/mol. The van der Waals surface area contributed by atoms with Crippen molar-refractivity contribution in [2.45, 2.75) is 13.3 Å². The van der Waals surface area contributed by atoms with Gasteiger partial charge in [-0.15, -0.1) is 0 Å². The van der Waals surface area contributed by atoms with E-state index in [9.17, 15) is 19.2 Å². The Balaban J connectivity index is 1.26. The van der Waals surface area contributed by atoms with Crippen LogP contribution in [0.15, 0.2) is 60.2 Å². The lowest BCUT2D eigenvalue weighted by Gasteiger charge is -2.19. The first-order valence-corrected chi connectivity index (χ1v) is 11.1. The van der Waals surface area contributed by atoms with Crippen LogP contribution in [0.4, 0.5) is 11.4 Å². The van der Waals surface area contributed by atoms with Gasteiger partial charge in [-0.2, -0.15) is 0 Å². The van der Waals surface area contributed by atoms with Gasteiger partial charge < -0.3 is 14.8 Å². The van der Waals surface area contributed by atoms with Crippen molar-refractivity contribution in [3.05, 3.63) is 65.7 Å². The minimum absolute atomic E-state index is 0.103. The van der Waals surface area contributed by atoms with Crippen LogP contribution in [-0.4, -0.2) is 37.4 Å². The van der Waals surface area contributed by atoms with Gasteiger partial charge in [-0.1, -0.05) is 29.8 Å². The molecule has 1 heterocycles. The highest BCUT2D eigenvalue weighted by Gasteiger charge is 2.60. The van der Waals surface area contributed by atoms with E-state index in [1.54, 1.807) is 36.4 Å². The average molecular weight is 460 g/mol. The molecule has 174 valence electrons. The molecule has 1 saturated carbocycles. The summed E-state index contributed by atoms with van der Waals surface area (Å²) >= 11 is 0. The molecule has 8 nitrogen and oxygen atoms in total. The molecule has 1 saturated heterocycles. The minimum atomic E-state index is -0.728. The maximum atomic E-state index is 13.2. The first-order valence-electron chi connectivity index (χ1n) is 11.1. The molecule has 1 aliphatic heterocycles. The Morgan fingerprint density at radius 3 is 2.62 bits per heavy atom. The highest BCUT2D eigenvalue weighted by molar-refractivity contribution is 6.23. The summed E-state index contributed by atoms with van der Waals surface area (Å²) in [4.78, 5) is 52.3. The molecule has 2 aromatic carbocycles. The lowest BCUT2D eigenvalue weighted by atomic mass is 9.82. The molecule has 0 spiro atoms. The fourth-order valence-electron chi connectivity index (χ4n) is 5.45. The van der Waals surface area contributed by atoms with Crippen LogP contribution in [-0.2, 0) is 19.1 Å². The van der Waals surface area contributed by atoms with E-state index in [-0.39, 0.29) is 41.0 Å². The van der Waals surface area contributed by atoms with Crippen LogP contribution < -0.4 is 15.0 Å². The van der Waals surface area contributed by atoms with Crippen LogP contribution in [0, 0.1) is 23.7 Å². The average Bonchev–Trinajstić information content (AvgIpc) is 3.48. The number of imide groups is 1. The summed E-state index contributed by atoms with van der Waals surface area (Å²) < 4.78 is 10.3. The van der Waals surface area contributed by atoms with Crippen LogP contribution in [0.25, 0.3) is 0 Å². The topological polar surface area (TPSA) is 102 Å². The van der Waals surface area contributed by atoms with Gasteiger partial charge in [0.2, 0.25) is 11.8 Å². The molecule has 0 aromatic heterocycles. The number of hydrogen-bond acceptors (Lipinski definition) is 6. The third-order valence-corrected chi connectivity index (χ3v) is 6.94. The van der Waals surface area contributed by atoms with Gasteiger partial charge in [0.1, 0.15) is 5.75 Å². The van der Waals surface area contributed by atoms with Gasteiger partial charge >= 0.3 is 5.97 Å². The molecule has 34 heavy (non-hydrogen) atoms. The normalized spacial score (nSPS) is 24.6. The first kappa shape index (κ1) is 21.9. The second-order valence-corrected chi connectivity index (χ2v) is 8.86. The summed E-state index contributed by atoms with van der Waals surface area (Å²) in [5.41, 5.74) is 2.13. The predicted molar refractivity (Wildman–Crippen MR) is 123 cm³/mol. The molecule has 8 heteroatoms. The van der Waals surface area contributed by atoms with Crippen molar-refractivity contribution in [1.29, 1.82) is 0 Å². The Bertz CT molecular complexity index is 1240. The molecule has 2 aliphatic carbocycles. The maximum Gasteiger partial charge on any atom is 0.338 e. The minimum Gasteiger partial charge on any atom is -0.495 e. The van der Waals surface area contributed by atoms with Gasteiger partial charge in [0, 0.05) is 0 Å². The summed E-state index contributed by atoms with van der Waals surface area (Å²) in [6.45, 7) is 1.52. The van der Waals surface area contributed by atoms with Crippen molar-refractivity contribution >= 4 is 35.1 Å². The summed E-state index contributed by atoms with van der Waals surface area (Å²) in [5.74, 6) is -1.62. The van der Waals surface area contributed by atoms with Crippen molar-refractivity contribution in [3.63, 3.8) is 0 Å². The number of para-hydroxylation sites is 2. The number of nitrogens with one attached hydrogen (secondary N) is 1. The molecule has 0 radical (unpaired) electrons. The van der Waals surface area contributed by atoms with Crippen molar-refractivity contribution in [2.24, 2.45) is 23.7 Å². The smallest absolute Gasteiger partial charge is 0.338 e. The van der Waals surface area contributed by atoms with Crippen molar-refractivity contribution < 1.29 is 28.7 Å². The largest absolute Gasteiger partial charge is 0.495 e. The Kier molecular flexibility index (Phi) is 5.43. The van der Waals surface area contributed by atoms with Crippen LogP contribution in [0.5, 0.6) is 5.75 Å². The number of hydrogen-bond donors (Lipinski definition) is 1. The number of allylic oxidation sites excluding steroid dienone is 2. The SMILES string of the molecule is COc1ccccc1NC(=O)COC(=O)c1cccc(N2C(=O)[C@@H]3[C@H](C2=O)[C@@H]2C[C@@H]3C=C2C)c1. The molecular formula is C26H24N2O6. The van der Waals surface area contributed by atoms with Crippen LogP contribution in [0.2, 0.25) is 0 Å². The summed E-state index contributed by atoms with van der Waals surface area (Å²) in [6.07, 6.45) is 2.97. The van der Waals surface area contributed by atoms with Gasteiger partial charge in [0.25, 0.3) is 5.91 Å². The lowest BCUT2D eigenvalue weighted by Crippen LogP contribution is -2.33. The second kappa shape index (κ2) is 8.44. The number of methoxy groups -OCH3 is 1. The second-order valence-electron chi connectivity index (χ2n) is 8.86. The number of carbonyl (C=O) groups excluding carboxylic acids is 4. The summed E-state index contributed by atoms with van der Waals surface area (Å²) in [7, 11) is 1.49. The Morgan fingerprint density at radius 1 is 1.06 bits per heavy atom. The number of nitrogens with zero attached hydrogens (tertiary/aromatic N) is 1. The fourth-order valence-corrected chi connectivity index (χ4v) is 5.45. The molecule has 5 rings (SSSR count). The standard InChI is InChI=1S/C26H24N2O6/c1-14-10-16-12-18(14)23-22(16)24(30)28(25(23)31)17-7-5-6-15(11-17)26(32)34-13-21(29)27-19-8-3-4-9-20(19)33-2/h3-11,16,18,22-23H,12-13H2,1-2H3,(H,27,29)/t16-,18+,22-,23+/m0/s1. The van der Waals surface area contributed by atoms with E-state index in [0.29, 0.717) is 17.1 Å². The molecule has 2 aromatic rings. The van der Waals surface area contributed by atoms with E-state index >= 15 is 0 Å². The lowest BCUT2D eigenvalue weighted by molar-refractivity contribution is -0.123. The highest BCUT2D eigenvalue weighted by atomic mass is 16.5. The zero-order chi connectivity index (χ0) is 24.0. The number of amides is 3. The zero-order valence-corrected chi connectivity index (χ0v) is 18.8. The third-order valence-electron chi connectivity index (χ3n) is 6.94. The summed E-state index contributed by atoms with van der Waals surface area (Å²) in [6, 6.07) is 13.1. The van der Waals surface area contributed by atoms with E-state index in [2.05, 4.69) is 11.4 Å². The molecule has 2 fully saturated rings. The van der Waals surface area contributed by atoms with Crippen LogP contribution in [0.3, 0.4) is 0 Å². The van der Waals surface area contributed by atoms with E-state index in [4.69, 9.17) is 9.47 Å². The van der Waals surface area contributed by atoms with Gasteiger partial charge in [0.05, 0.1) is 35.9 Å². The number of anilines is 2. The van der Waals surface area contributed by atoms with E-state index in [0.717, 1.165) is 6.42 Å². The third kappa shape index (κ3) is 3.55. The molecular weight excluding hydrogens is 436 g/mol. The zero-order valence-electron chi connectivity index (χ0n) is 18.8. The number of benzene rings is 2. The van der Waals surface area contributed by atoms with Gasteiger partial charge in [0.15, 0.2) is 6.61 Å². The van der Waals surface area contributed by atoms with Crippen LogP contribution in [0.1, 0.15) is 23.7 Å². The maximum absolute atomic E-state index is 13.2. The molecule has 4 atom stereocenters. The molecule has 3 aliphatic rings.